The van der Waals surface area contributed by atoms with Gasteiger partial charge in [0.05, 0.1) is 13.0 Å². The van der Waals surface area contributed by atoms with E-state index in [0.29, 0.717) is 11.1 Å². The predicted molar refractivity (Wildman–Crippen MR) is 71.5 cm³/mol. The molecule has 1 aromatic carbocycles. The number of nitrogens with one attached hydrogen (secondary N) is 1. The van der Waals surface area contributed by atoms with Crippen molar-refractivity contribution in [3.8, 4) is 0 Å². The molecular formula is C14H15NO5. The minimum atomic E-state index is -0.966. The van der Waals surface area contributed by atoms with Gasteiger partial charge in [-0.25, -0.2) is 0 Å². The van der Waals surface area contributed by atoms with Crippen LogP contribution in [0.4, 0.5) is 0 Å². The van der Waals surface area contributed by atoms with Gasteiger partial charge in [0.15, 0.2) is 5.76 Å². The number of carboxylic acid groups (broad SMARTS) is 1. The second-order valence-electron chi connectivity index (χ2n) is 4.24. The van der Waals surface area contributed by atoms with Crippen molar-refractivity contribution >= 4 is 22.8 Å². The Labute approximate surface area is 115 Å². The van der Waals surface area contributed by atoms with Gasteiger partial charge < -0.3 is 19.6 Å². The molecule has 0 bridgehead atoms. The van der Waals surface area contributed by atoms with Crippen LogP contribution in [-0.2, 0) is 16.1 Å². The monoisotopic (exact) mass is 277 g/mol. The van der Waals surface area contributed by atoms with Crippen LogP contribution in [0.5, 0.6) is 0 Å². The Hall–Kier alpha value is -2.34. The molecule has 2 rings (SSSR count). The van der Waals surface area contributed by atoms with Crippen molar-refractivity contribution in [1.29, 1.82) is 0 Å². The molecule has 0 fully saturated rings. The normalized spacial score (nSPS) is 10.7. The summed E-state index contributed by atoms with van der Waals surface area (Å²) in [5.74, 6) is -1.24. The van der Waals surface area contributed by atoms with Crippen LogP contribution < -0.4 is 5.32 Å². The smallest absolute Gasteiger partial charge is 0.305 e. The summed E-state index contributed by atoms with van der Waals surface area (Å²) >= 11 is 0. The standard InChI is InChI=1S/C14H15NO5/c1-19-8-10-9-4-2-3-5-11(9)20-13(10)14(18)15-7-6-12(16)17/h2-5H,6-8H2,1H3,(H,15,18)(H,16,17). The molecule has 20 heavy (non-hydrogen) atoms. The van der Waals surface area contributed by atoms with E-state index >= 15 is 0 Å². The minimum Gasteiger partial charge on any atom is -0.481 e. The third-order valence-corrected chi connectivity index (χ3v) is 2.82. The van der Waals surface area contributed by atoms with E-state index in [-0.39, 0.29) is 25.3 Å². The fourth-order valence-electron chi connectivity index (χ4n) is 1.93. The zero-order valence-corrected chi connectivity index (χ0v) is 11.0. The maximum atomic E-state index is 12.0. The van der Waals surface area contributed by atoms with Gasteiger partial charge in [-0.2, -0.15) is 0 Å². The van der Waals surface area contributed by atoms with E-state index in [1.807, 2.05) is 18.2 Å². The number of rotatable bonds is 6. The lowest BCUT2D eigenvalue weighted by atomic mass is 10.1. The fraction of sp³-hybridized carbons (Fsp3) is 0.286. The molecule has 0 unspecified atom stereocenters. The summed E-state index contributed by atoms with van der Waals surface area (Å²) in [4.78, 5) is 22.5. The number of carbonyl (C=O) groups is 2. The summed E-state index contributed by atoms with van der Waals surface area (Å²) in [6, 6.07) is 7.28. The molecule has 0 radical (unpaired) electrons. The number of para-hydroxylation sites is 1. The van der Waals surface area contributed by atoms with Gasteiger partial charge >= 0.3 is 5.97 Å². The number of hydrogen-bond acceptors (Lipinski definition) is 4. The van der Waals surface area contributed by atoms with Crippen LogP contribution in [0.1, 0.15) is 22.5 Å². The second kappa shape index (κ2) is 6.21. The maximum absolute atomic E-state index is 12.0. The van der Waals surface area contributed by atoms with Crippen LogP contribution in [0, 0.1) is 0 Å². The van der Waals surface area contributed by atoms with Crippen molar-refractivity contribution in [2.24, 2.45) is 0 Å². The Bertz CT molecular complexity index is 632. The molecule has 1 aromatic heterocycles. The van der Waals surface area contributed by atoms with Gasteiger partial charge in [0.2, 0.25) is 0 Å². The average molecular weight is 277 g/mol. The largest absolute Gasteiger partial charge is 0.481 e. The van der Waals surface area contributed by atoms with Crippen LogP contribution in [-0.4, -0.2) is 30.6 Å². The van der Waals surface area contributed by atoms with Crippen LogP contribution in [0.3, 0.4) is 0 Å². The summed E-state index contributed by atoms with van der Waals surface area (Å²) in [7, 11) is 1.54. The van der Waals surface area contributed by atoms with Crippen LogP contribution >= 0.6 is 0 Å². The Morgan fingerprint density at radius 3 is 2.80 bits per heavy atom. The van der Waals surface area contributed by atoms with Gasteiger partial charge in [-0.1, -0.05) is 18.2 Å². The number of amides is 1. The highest BCUT2D eigenvalue weighted by Crippen LogP contribution is 2.26. The second-order valence-corrected chi connectivity index (χ2v) is 4.24. The predicted octanol–water partition coefficient (Wildman–Crippen LogP) is 1.78. The molecule has 0 aliphatic heterocycles. The van der Waals surface area contributed by atoms with E-state index in [0.717, 1.165) is 5.39 Å². The van der Waals surface area contributed by atoms with E-state index in [1.165, 1.54) is 7.11 Å². The van der Waals surface area contributed by atoms with Gasteiger partial charge in [0, 0.05) is 24.6 Å². The van der Waals surface area contributed by atoms with Gasteiger partial charge in [0.25, 0.3) is 5.91 Å². The first-order valence-electron chi connectivity index (χ1n) is 6.13. The molecule has 106 valence electrons. The highest BCUT2D eigenvalue weighted by Gasteiger charge is 2.20. The van der Waals surface area contributed by atoms with Gasteiger partial charge in [-0.15, -0.1) is 0 Å². The molecule has 2 N–H and O–H groups in total. The van der Waals surface area contributed by atoms with Gasteiger partial charge in [0.1, 0.15) is 5.58 Å². The van der Waals surface area contributed by atoms with Crippen molar-refractivity contribution < 1.29 is 23.8 Å². The number of fused-ring (bicyclic) bond motifs is 1. The van der Waals surface area contributed by atoms with E-state index < -0.39 is 11.9 Å². The number of hydrogen-bond donors (Lipinski definition) is 2. The molecule has 0 atom stereocenters. The van der Waals surface area contributed by atoms with Crippen molar-refractivity contribution in [1.82, 2.24) is 5.32 Å². The van der Waals surface area contributed by atoms with E-state index in [9.17, 15) is 9.59 Å². The summed E-state index contributed by atoms with van der Waals surface area (Å²) in [6.07, 6.45) is -0.133. The molecule has 0 saturated heterocycles. The summed E-state index contributed by atoms with van der Waals surface area (Å²) in [5, 5.41) is 11.9. The quantitative estimate of drug-likeness (QED) is 0.840. The topological polar surface area (TPSA) is 88.8 Å². The maximum Gasteiger partial charge on any atom is 0.305 e. The zero-order valence-electron chi connectivity index (χ0n) is 11.0. The van der Waals surface area contributed by atoms with Crippen molar-refractivity contribution in [3.05, 3.63) is 35.6 Å². The Balaban J connectivity index is 2.25. The minimum absolute atomic E-state index is 0.0532. The van der Waals surface area contributed by atoms with E-state index in [1.54, 1.807) is 6.07 Å². The Morgan fingerprint density at radius 2 is 2.10 bits per heavy atom. The van der Waals surface area contributed by atoms with Crippen molar-refractivity contribution in [2.75, 3.05) is 13.7 Å². The highest BCUT2D eigenvalue weighted by molar-refractivity contribution is 5.99. The zero-order chi connectivity index (χ0) is 14.5. The first-order valence-corrected chi connectivity index (χ1v) is 6.13. The Morgan fingerprint density at radius 1 is 1.35 bits per heavy atom. The van der Waals surface area contributed by atoms with E-state index in [4.69, 9.17) is 14.3 Å². The number of ether oxygens (including phenoxy) is 1. The molecule has 6 nitrogen and oxygen atoms in total. The molecule has 1 amide bonds. The SMILES string of the molecule is COCc1c(C(=O)NCCC(=O)O)oc2ccccc12. The number of furan rings is 1. The summed E-state index contributed by atoms with van der Waals surface area (Å²) in [5.41, 5.74) is 1.26. The molecule has 1 heterocycles. The number of carboxylic acids is 1. The highest BCUT2D eigenvalue weighted by atomic mass is 16.5. The van der Waals surface area contributed by atoms with Crippen LogP contribution in [0.25, 0.3) is 11.0 Å². The molecule has 2 aromatic rings. The molecule has 0 spiro atoms. The first kappa shape index (κ1) is 14.1. The average Bonchev–Trinajstić information content (AvgIpc) is 2.78. The molecular weight excluding hydrogens is 262 g/mol. The lowest BCUT2D eigenvalue weighted by Crippen LogP contribution is -2.26. The first-order chi connectivity index (χ1) is 9.63. The van der Waals surface area contributed by atoms with Crippen molar-refractivity contribution in [3.63, 3.8) is 0 Å². The number of benzene rings is 1. The number of carbonyl (C=O) groups excluding carboxylic acids is 1. The Kier molecular flexibility index (Phi) is 4.37. The van der Waals surface area contributed by atoms with E-state index in [2.05, 4.69) is 5.32 Å². The van der Waals surface area contributed by atoms with Crippen LogP contribution in [0.15, 0.2) is 28.7 Å². The molecule has 0 aliphatic rings. The fourth-order valence-corrected chi connectivity index (χ4v) is 1.93. The van der Waals surface area contributed by atoms with Gasteiger partial charge in [-0.3, -0.25) is 9.59 Å². The van der Waals surface area contributed by atoms with Crippen LogP contribution in [0.2, 0.25) is 0 Å². The molecule has 0 aliphatic carbocycles. The molecule has 6 heteroatoms. The number of methoxy groups -OCH3 is 1. The third-order valence-electron chi connectivity index (χ3n) is 2.82. The lowest BCUT2D eigenvalue weighted by Gasteiger charge is -2.03. The summed E-state index contributed by atoms with van der Waals surface area (Å²) in [6.45, 7) is 0.302. The summed E-state index contributed by atoms with van der Waals surface area (Å²) < 4.78 is 10.6. The molecule has 0 saturated carbocycles. The number of aliphatic carboxylic acids is 1. The third kappa shape index (κ3) is 2.97. The lowest BCUT2D eigenvalue weighted by molar-refractivity contribution is -0.136. The van der Waals surface area contributed by atoms with Crippen molar-refractivity contribution in [2.45, 2.75) is 13.0 Å². The van der Waals surface area contributed by atoms with Gasteiger partial charge in [-0.05, 0) is 6.07 Å².